The van der Waals surface area contributed by atoms with Gasteiger partial charge in [-0.05, 0) is 53.1 Å². The van der Waals surface area contributed by atoms with Gasteiger partial charge < -0.3 is 5.73 Å². The maximum atomic E-state index is 5.52. The minimum Gasteiger partial charge on any atom is -0.330 e. The summed E-state index contributed by atoms with van der Waals surface area (Å²) in [6.45, 7) is 2.79. The Morgan fingerprint density at radius 3 is 2.93 bits per heavy atom. The van der Waals surface area contributed by atoms with Gasteiger partial charge in [0.25, 0.3) is 0 Å². The van der Waals surface area contributed by atoms with Crippen molar-refractivity contribution in [3.8, 4) is 11.1 Å². The number of pyridine rings is 1. The Morgan fingerprint density at radius 1 is 1.40 bits per heavy atom. The van der Waals surface area contributed by atoms with Crippen LogP contribution in [0.15, 0.2) is 29.1 Å². The first-order valence-electron chi connectivity index (χ1n) is 4.99. The Bertz CT molecular complexity index is 448. The van der Waals surface area contributed by atoms with Crippen molar-refractivity contribution in [2.75, 3.05) is 6.54 Å². The summed E-state index contributed by atoms with van der Waals surface area (Å²) in [7, 11) is 0. The minimum absolute atomic E-state index is 0.652. The third-order valence-electron chi connectivity index (χ3n) is 2.38. The van der Waals surface area contributed by atoms with Crippen molar-refractivity contribution in [2.24, 2.45) is 5.73 Å². The number of rotatable bonds is 3. The quantitative estimate of drug-likeness (QED) is 0.860. The first-order chi connectivity index (χ1) is 7.31. The van der Waals surface area contributed by atoms with Crippen molar-refractivity contribution in [3.63, 3.8) is 0 Å². The molecule has 0 amide bonds. The SMILES string of the molecule is Cc1cscc1-c1ccnc(CCN)c1. The predicted octanol–water partition coefficient (Wildman–Crippen LogP) is 2.62. The van der Waals surface area contributed by atoms with Crippen LogP contribution in [0.25, 0.3) is 11.1 Å². The Hall–Kier alpha value is -1.19. The molecule has 0 bridgehead atoms. The summed E-state index contributed by atoms with van der Waals surface area (Å²) in [4.78, 5) is 4.29. The molecule has 3 heteroatoms. The first kappa shape index (κ1) is 10.3. The second kappa shape index (κ2) is 4.55. The summed E-state index contributed by atoms with van der Waals surface area (Å²) >= 11 is 1.74. The van der Waals surface area contributed by atoms with Crippen molar-refractivity contribution < 1.29 is 0 Å². The fourth-order valence-electron chi connectivity index (χ4n) is 1.59. The number of nitrogens with zero attached hydrogens (tertiary/aromatic N) is 1. The van der Waals surface area contributed by atoms with Crippen molar-refractivity contribution in [2.45, 2.75) is 13.3 Å². The molecular weight excluding hydrogens is 204 g/mol. The number of hydrogen-bond donors (Lipinski definition) is 1. The van der Waals surface area contributed by atoms with Crippen LogP contribution in [-0.4, -0.2) is 11.5 Å². The highest BCUT2D eigenvalue weighted by Crippen LogP contribution is 2.26. The van der Waals surface area contributed by atoms with E-state index in [1.165, 1.54) is 16.7 Å². The molecule has 0 fully saturated rings. The Morgan fingerprint density at radius 2 is 2.27 bits per heavy atom. The first-order valence-corrected chi connectivity index (χ1v) is 5.93. The molecule has 2 nitrogen and oxygen atoms in total. The molecule has 0 aliphatic carbocycles. The fourth-order valence-corrected chi connectivity index (χ4v) is 2.44. The van der Waals surface area contributed by atoms with Crippen LogP contribution in [0.5, 0.6) is 0 Å². The maximum absolute atomic E-state index is 5.52. The number of thiophene rings is 1. The van der Waals surface area contributed by atoms with Crippen molar-refractivity contribution in [1.29, 1.82) is 0 Å². The molecule has 2 aromatic heterocycles. The summed E-state index contributed by atoms with van der Waals surface area (Å²) in [5.41, 5.74) is 10.5. The molecule has 0 unspecified atom stereocenters. The summed E-state index contributed by atoms with van der Waals surface area (Å²) in [5.74, 6) is 0. The lowest BCUT2D eigenvalue weighted by molar-refractivity contribution is 0.924. The zero-order valence-electron chi connectivity index (χ0n) is 8.73. The summed E-state index contributed by atoms with van der Waals surface area (Å²) < 4.78 is 0. The smallest absolute Gasteiger partial charge is 0.0422 e. The highest BCUT2D eigenvalue weighted by molar-refractivity contribution is 7.08. The summed E-state index contributed by atoms with van der Waals surface area (Å²) in [5, 5.41) is 4.34. The van der Waals surface area contributed by atoms with E-state index in [1.54, 1.807) is 11.3 Å². The standard InChI is InChI=1S/C12H14N2S/c1-9-7-15-8-12(9)10-3-5-14-11(6-10)2-4-13/h3,5-8H,2,4,13H2,1H3. The molecule has 0 atom stereocenters. The van der Waals surface area contributed by atoms with Crippen LogP contribution >= 0.6 is 11.3 Å². The molecule has 15 heavy (non-hydrogen) atoms. The van der Waals surface area contributed by atoms with Crippen LogP contribution in [-0.2, 0) is 6.42 Å². The van der Waals surface area contributed by atoms with E-state index in [0.29, 0.717) is 6.54 Å². The van der Waals surface area contributed by atoms with E-state index >= 15 is 0 Å². The van der Waals surface area contributed by atoms with Gasteiger partial charge >= 0.3 is 0 Å². The molecule has 2 heterocycles. The average molecular weight is 218 g/mol. The van der Waals surface area contributed by atoms with Crippen LogP contribution in [0.1, 0.15) is 11.3 Å². The lowest BCUT2D eigenvalue weighted by atomic mass is 10.1. The van der Waals surface area contributed by atoms with Crippen LogP contribution in [0, 0.1) is 6.92 Å². The molecule has 78 valence electrons. The van der Waals surface area contributed by atoms with Gasteiger partial charge in [-0.15, -0.1) is 0 Å². The van der Waals surface area contributed by atoms with Gasteiger partial charge in [-0.1, -0.05) is 0 Å². The summed E-state index contributed by atoms with van der Waals surface area (Å²) in [6.07, 6.45) is 2.70. The van der Waals surface area contributed by atoms with E-state index in [-0.39, 0.29) is 0 Å². The van der Waals surface area contributed by atoms with E-state index in [1.807, 2.05) is 6.20 Å². The van der Waals surface area contributed by atoms with Gasteiger partial charge in [0.05, 0.1) is 0 Å². The van der Waals surface area contributed by atoms with Crippen LogP contribution in [0.4, 0.5) is 0 Å². The molecule has 0 saturated heterocycles. The van der Waals surface area contributed by atoms with Gasteiger partial charge in [0.15, 0.2) is 0 Å². The van der Waals surface area contributed by atoms with E-state index in [2.05, 4.69) is 34.8 Å². The Labute approximate surface area is 93.8 Å². The Balaban J connectivity index is 2.37. The van der Waals surface area contributed by atoms with E-state index < -0.39 is 0 Å². The zero-order valence-corrected chi connectivity index (χ0v) is 9.55. The highest BCUT2D eigenvalue weighted by atomic mass is 32.1. The van der Waals surface area contributed by atoms with E-state index in [0.717, 1.165) is 12.1 Å². The Kier molecular flexibility index (Phi) is 3.14. The lowest BCUT2D eigenvalue weighted by Crippen LogP contribution is -2.04. The predicted molar refractivity (Wildman–Crippen MR) is 65.0 cm³/mol. The van der Waals surface area contributed by atoms with Crippen LogP contribution in [0.2, 0.25) is 0 Å². The van der Waals surface area contributed by atoms with E-state index in [4.69, 9.17) is 5.73 Å². The van der Waals surface area contributed by atoms with Crippen molar-refractivity contribution in [3.05, 3.63) is 40.3 Å². The van der Waals surface area contributed by atoms with Gasteiger partial charge in [-0.3, -0.25) is 4.98 Å². The topological polar surface area (TPSA) is 38.9 Å². The van der Waals surface area contributed by atoms with Crippen molar-refractivity contribution in [1.82, 2.24) is 4.98 Å². The van der Waals surface area contributed by atoms with Crippen LogP contribution in [0.3, 0.4) is 0 Å². The molecule has 0 aliphatic rings. The summed E-state index contributed by atoms with van der Waals surface area (Å²) in [6, 6.07) is 4.18. The third-order valence-corrected chi connectivity index (χ3v) is 3.25. The number of aromatic nitrogens is 1. The molecule has 2 N–H and O–H groups in total. The van der Waals surface area contributed by atoms with Gasteiger partial charge in [0.1, 0.15) is 0 Å². The number of aryl methyl sites for hydroxylation is 1. The van der Waals surface area contributed by atoms with Gasteiger partial charge in [-0.2, -0.15) is 11.3 Å². The van der Waals surface area contributed by atoms with E-state index in [9.17, 15) is 0 Å². The molecule has 0 saturated carbocycles. The number of nitrogens with two attached hydrogens (primary N) is 1. The highest BCUT2D eigenvalue weighted by Gasteiger charge is 2.03. The lowest BCUT2D eigenvalue weighted by Gasteiger charge is -2.03. The molecule has 0 spiro atoms. The molecule has 2 rings (SSSR count). The second-order valence-corrected chi connectivity index (χ2v) is 4.29. The minimum atomic E-state index is 0.652. The molecule has 0 aliphatic heterocycles. The third kappa shape index (κ3) is 2.25. The largest absolute Gasteiger partial charge is 0.330 e. The normalized spacial score (nSPS) is 10.5. The zero-order chi connectivity index (χ0) is 10.7. The maximum Gasteiger partial charge on any atom is 0.0422 e. The van der Waals surface area contributed by atoms with Crippen LogP contribution < -0.4 is 5.73 Å². The van der Waals surface area contributed by atoms with Crippen molar-refractivity contribution >= 4 is 11.3 Å². The molecular formula is C12H14N2S. The van der Waals surface area contributed by atoms with Gasteiger partial charge in [0.2, 0.25) is 0 Å². The average Bonchev–Trinajstić information content (AvgIpc) is 2.65. The van der Waals surface area contributed by atoms with Gasteiger partial charge in [0, 0.05) is 18.3 Å². The molecule has 2 aromatic rings. The second-order valence-electron chi connectivity index (χ2n) is 3.54. The monoisotopic (exact) mass is 218 g/mol. The molecule has 0 radical (unpaired) electrons. The fraction of sp³-hybridized carbons (Fsp3) is 0.250. The number of hydrogen-bond acceptors (Lipinski definition) is 3. The van der Waals surface area contributed by atoms with Gasteiger partial charge in [-0.25, -0.2) is 0 Å². The molecule has 0 aromatic carbocycles.